The zero-order valence-electron chi connectivity index (χ0n) is 10.2. The van der Waals surface area contributed by atoms with E-state index in [0.29, 0.717) is 0 Å². The Hall–Kier alpha value is -1.95. The smallest absolute Gasteiger partial charge is 0.408 e. The zero-order valence-corrected chi connectivity index (χ0v) is 10.2. The SMILES string of the molecule is CC(N=[N+]=N)C(NC(=O)OC(C)(C)C)C(=O)[O-]. The highest BCUT2D eigenvalue weighted by atomic mass is 16.6. The van der Waals surface area contributed by atoms with Gasteiger partial charge in [0.2, 0.25) is 4.91 Å². The quantitative estimate of drug-likeness (QED) is 0.513. The van der Waals surface area contributed by atoms with Gasteiger partial charge < -0.3 is 20.0 Å². The third kappa shape index (κ3) is 6.26. The van der Waals surface area contributed by atoms with Gasteiger partial charge in [0.15, 0.2) is 6.04 Å². The molecular weight excluding hydrogens is 228 g/mol. The summed E-state index contributed by atoms with van der Waals surface area (Å²) in [5.74, 6) is -1.52. The van der Waals surface area contributed by atoms with Crippen LogP contribution in [-0.2, 0) is 9.53 Å². The number of ether oxygens (including phenoxy) is 1. The van der Waals surface area contributed by atoms with Crippen molar-refractivity contribution >= 4 is 12.1 Å². The summed E-state index contributed by atoms with van der Waals surface area (Å²) in [4.78, 5) is 24.8. The normalized spacial score (nSPS) is 14.1. The minimum absolute atomic E-state index is 0.735. The van der Waals surface area contributed by atoms with Crippen molar-refractivity contribution in [3.8, 4) is 0 Å². The molecule has 0 aromatic carbocycles. The fourth-order valence-corrected chi connectivity index (χ4v) is 0.969. The summed E-state index contributed by atoms with van der Waals surface area (Å²) in [6.45, 7) is 6.32. The van der Waals surface area contributed by atoms with Crippen LogP contribution < -0.4 is 15.3 Å². The molecule has 2 unspecified atom stereocenters. The Morgan fingerprint density at radius 3 is 2.35 bits per heavy atom. The molecule has 0 aliphatic rings. The first-order valence-electron chi connectivity index (χ1n) is 4.94. The molecule has 0 saturated heterocycles. The molecule has 1 amide bonds. The maximum atomic E-state index is 11.3. The van der Waals surface area contributed by atoms with E-state index in [0.717, 1.165) is 0 Å². The Balaban J connectivity index is 4.62. The summed E-state index contributed by atoms with van der Waals surface area (Å²) in [6, 6.07) is -2.30. The van der Waals surface area contributed by atoms with E-state index < -0.39 is 29.7 Å². The number of hydrogen-bond donors (Lipinski definition) is 2. The second-order valence-corrected chi connectivity index (χ2v) is 4.40. The van der Waals surface area contributed by atoms with Crippen molar-refractivity contribution in [1.29, 1.82) is 5.53 Å². The van der Waals surface area contributed by atoms with Gasteiger partial charge in [-0.15, -0.1) is 0 Å². The van der Waals surface area contributed by atoms with E-state index in [1.54, 1.807) is 20.8 Å². The molecule has 96 valence electrons. The van der Waals surface area contributed by atoms with Crippen LogP contribution in [0, 0.1) is 5.53 Å². The Bertz CT molecular complexity index is 343. The molecule has 0 aliphatic carbocycles. The van der Waals surface area contributed by atoms with Gasteiger partial charge in [-0.05, 0) is 27.7 Å². The average molecular weight is 244 g/mol. The molecule has 0 fully saturated rings. The van der Waals surface area contributed by atoms with Crippen LogP contribution in [0.4, 0.5) is 4.79 Å². The number of nitrogens with zero attached hydrogens (tertiary/aromatic N) is 2. The first kappa shape index (κ1) is 15.0. The van der Waals surface area contributed by atoms with Gasteiger partial charge in [-0.1, -0.05) is 0 Å². The van der Waals surface area contributed by atoms with Crippen LogP contribution in [0.2, 0.25) is 0 Å². The molecule has 8 heteroatoms. The number of hydrogen-bond acceptors (Lipinski definition) is 6. The van der Waals surface area contributed by atoms with Crippen molar-refractivity contribution in [3.63, 3.8) is 0 Å². The number of aliphatic carboxylic acids is 1. The molecule has 0 rings (SSSR count). The van der Waals surface area contributed by atoms with Gasteiger partial charge >= 0.3 is 6.09 Å². The molecule has 0 spiro atoms. The highest BCUT2D eigenvalue weighted by Crippen LogP contribution is 2.07. The number of nitrogens with one attached hydrogen (secondary N) is 2. The Morgan fingerprint density at radius 2 is 2.00 bits per heavy atom. The lowest BCUT2D eigenvalue weighted by Crippen LogP contribution is -2.54. The third-order valence-electron chi connectivity index (χ3n) is 1.65. The number of carbonyl (C=O) groups is 2. The van der Waals surface area contributed by atoms with Crippen molar-refractivity contribution in [2.75, 3.05) is 0 Å². The molecule has 2 N–H and O–H groups in total. The first-order valence-corrected chi connectivity index (χ1v) is 4.94. The second kappa shape index (κ2) is 5.95. The summed E-state index contributed by atoms with van der Waals surface area (Å²) in [7, 11) is 0. The average Bonchev–Trinajstić information content (AvgIpc) is 2.11. The molecule has 0 saturated carbocycles. The first-order chi connectivity index (χ1) is 7.67. The molecule has 0 aliphatic heterocycles. The van der Waals surface area contributed by atoms with Crippen molar-refractivity contribution < 1.29 is 19.4 Å². The van der Waals surface area contributed by atoms with E-state index >= 15 is 0 Å². The van der Waals surface area contributed by atoms with E-state index in [1.807, 2.05) is 0 Å². The maximum Gasteiger partial charge on any atom is 0.408 e. The number of rotatable bonds is 4. The number of carboxylic acid groups (broad SMARTS) is 1. The molecule has 0 heterocycles. The van der Waals surface area contributed by atoms with Crippen LogP contribution in [0.1, 0.15) is 27.7 Å². The molecular formula is C9H16N4O4. The molecule has 8 nitrogen and oxygen atoms in total. The monoisotopic (exact) mass is 244 g/mol. The molecule has 0 aromatic heterocycles. The van der Waals surface area contributed by atoms with E-state index in [2.05, 4.69) is 15.3 Å². The van der Waals surface area contributed by atoms with Crippen LogP contribution >= 0.6 is 0 Å². The van der Waals surface area contributed by atoms with E-state index in [9.17, 15) is 14.7 Å². The lowest BCUT2D eigenvalue weighted by Gasteiger charge is -2.24. The van der Waals surface area contributed by atoms with Crippen molar-refractivity contribution in [2.45, 2.75) is 45.4 Å². The standard InChI is InChI=1S/C9H16N4O4/c1-5(12-13-10)6(7(14)15)11-8(16)17-9(2,3)4/h5-6,10H,1-4H3,(H-,11,14,15,16). The third-order valence-corrected chi connectivity index (χ3v) is 1.65. The van der Waals surface area contributed by atoms with Crippen LogP contribution in [-0.4, -0.2) is 29.7 Å². The van der Waals surface area contributed by atoms with Gasteiger partial charge in [-0.3, -0.25) is 0 Å². The fourth-order valence-electron chi connectivity index (χ4n) is 0.969. The fraction of sp³-hybridized carbons (Fsp3) is 0.778. The van der Waals surface area contributed by atoms with Gasteiger partial charge in [-0.2, -0.15) is 0 Å². The Morgan fingerprint density at radius 1 is 1.47 bits per heavy atom. The number of carboxylic acids is 1. The largest absolute Gasteiger partial charge is 0.548 e. The van der Waals surface area contributed by atoms with Gasteiger partial charge in [0.25, 0.3) is 0 Å². The number of alkyl carbamates (subject to hydrolysis) is 1. The lowest BCUT2D eigenvalue weighted by molar-refractivity contribution is -0.308. The number of amides is 1. The molecule has 2 atom stereocenters. The van der Waals surface area contributed by atoms with E-state index in [1.165, 1.54) is 6.92 Å². The predicted molar refractivity (Wildman–Crippen MR) is 54.9 cm³/mol. The van der Waals surface area contributed by atoms with Gasteiger partial charge in [0.05, 0.1) is 5.97 Å². The molecule has 0 bridgehead atoms. The van der Waals surface area contributed by atoms with Crippen LogP contribution in [0.3, 0.4) is 0 Å². The summed E-state index contributed by atoms with van der Waals surface area (Å²) >= 11 is 0. The van der Waals surface area contributed by atoms with Gasteiger partial charge in [-0.25, -0.2) is 4.79 Å². The summed E-state index contributed by atoms with van der Waals surface area (Å²) in [5.41, 5.74) is 5.76. The summed E-state index contributed by atoms with van der Waals surface area (Å²) in [5, 5.41) is 16.2. The zero-order chi connectivity index (χ0) is 13.6. The highest BCUT2D eigenvalue weighted by molar-refractivity contribution is 5.79. The molecule has 17 heavy (non-hydrogen) atoms. The molecule has 0 aromatic rings. The van der Waals surface area contributed by atoms with Crippen molar-refractivity contribution in [3.05, 3.63) is 0 Å². The molecule has 0 radical (unpaired) electrons. The van der Waals surface area contributed by atoms with Crippen molar-refractivity contribution in [1.82, 2.24) is 10.2 Å². The Kier molecular flexibility index (Phi) is 5.27. The highest BCUT2D eigenvalue weighted by Gasteiger charge is 2.26. The van der Waals surface area contributed by atoms with Crippen molar-refractivity contribution in [2.24, 2.45) is 5.11 Å². The van der Waals surface area contributed by atoms with Crippen LogP contribution in [0.25, 0.3) is 0 Å². The lowest BCUT2D eigenvalue weighted by atomic mass is 10.1. The Labute approximate surface area is 98.6 Å². The van der Waals surface area contributed by atoms with E-state index in [-0.39, 0.29) is 0 Å². The number of carbonyl (C=O) groups excluding carboxylic acids is 2. The second-order valence-electron chi connectivity index (χ2n) is 4.40. The minimum Gasteiger partial charge on any atom is -0.548 e. The minimum atomic E-state index is -1.52. The van der Waals surface area contributed by atoms with Crippen LogP contribution in [0.5, 0.6) is 0 Å². The maximum absolute atomic E-state index is 11.3. The van der Waals surface area contributed by atoms with Gasteiger partial charge in [0.1, 0.15) is 22.3 Å². The summed E-state index contributed by atoms with van der Waals surface area (Å²) in [6.07, 6.45) is -0.890. The van der Waals surface area contributed by atoms with Crippen LogP contribution in [0.15, 0.2) is 5.11 Å². The topological polar surface area (TPSA) is 129 Å². The van der Waals surface area contributed by atoms with E-state index in [4.69, 9.17) is 10.3 Å². The van der Waals surface area contributed by atoms with Gasteiger partial charge in [0, 0.05) is 0 Å². The summed E-state index contributed by atoms with van der Waals surface area (Å²) < 4.78 is 4.89. The predicted octanol–water partition coefficient (Wildman–Crippen LogP) is -0.432.